The molecule has 1 heterocycles. The molecule has 0 aromatic heterocycles. The van der Waals surface area contributed by atoms with Crippen LogP contribution in [-0.4, -0.2) is 44.9 Å². The number of aryl methyl sites for hydroxylation is 1. The first kappa shape index (κ1) is 21.0. The highest BCUT2D eigenvalue weighted by Gasteiger charge is 2.28. The predicted octanol–water partition coefficient (Wildman–Crippen LogP) is 3.27. The Hall–Kier alpha value is -1.74. The molecule has 0 radical (unpaired) electrons. The molecule has 0 aliphatic carbocycles. The number of carbonyl (C=O) groups excluding carboxylic acids is 1. The van der Waals surface area contributed by atoms with Crippen molar-refractivity contribution < 1.29 is 17.9 Å². The minimum atomic E-state index is -3.67. The summed E-state index contributed by atoms with van der Waals surface area (Å²) in [6.45, 7) is 5.02. The van der Waals surface area contributed by atoms with Gasteiger partial charge in [-0.2, -0.15) is 4.31 Å². The summed E-state index contributed by atoms with van der Waals surface area (Å²) in [6, 6.07) is 12.3. The lowest BCUT2D eigenvalue weighted by molar-refractivity contribution is 0.0730. The van der Waals surface area contributed by atoms with Gasteiger partial charge in [0.05, 0.1) is 24.2 Å². The number of sulfonamides is 1. The van der Waals surface area contributed by atoms with Gasteiger partial charge in [-0.05, 0) is 49.2 Å². The third kappa shape index (κ3) is 4.63. The van der Waals surface area contributed by atoms with Crippen LogP contribution in [0, 0.1) is 6.92 Å². The van der Waals surface area contributed by atoms with E-state index in [1.165, 1.54) is 10.4 Å². The van der Waals surface area contributed by atoms with E-state index in [-0.39, 0.29) is 16.8 Å². The van der Waals surface area contributed by atoms with Crippen LogP contribution in [0.25, 0.3) is 0 Å². The van der Waals surface area contributed by atoms with Gasteiger partial charge in [0.1, 0.15) is 0 Å². The maximum atomic E-state index is 13.0. The molecule has 1 saturated heterocycles. The minimum absolute atomic E-state index is 0.165. The molecule has 150 valence electrons. The molecular weight excluding hydrogens is 444 g/mol. The van der Waals surface area contributed by atoms with Crippen LogP contribution in [0.2, 0.25) is 0 Å². The molecule has 1 fully saturated rings. The molecule has 28 heavy (non-hydrogen) atoms. The molecule has 2 aromatic rings. The average molecular weight is 467 g/mol. The first-order chi connectivity index (χ1) is 13.3. The molecule has 1 aliphatic heterocycles. The van der Waals surface area contributed by atoms with Gasteiger partial charge in [0.2, 0.25) is 10.0 Å². The van der Waals surface area contributed by atoms with E-state index in [2.05, 4.69) is 21.2 Å². The van der Waals surface area contributed by atoms with Gasteiger partial charge >= 0.3 is 0 Å². The van der Waals surface area contributed by atoms with Crippen LogP contribution in [0.4, 0.5) is 0 Å². The van der Waals surface area contributed by atoms with Gasteiger partial charge in [0.25, 0.3) is 5.91 Å². The quantitative estimate of drug-likeness (QED) is 0.733. The largest absolute Gasteiger partial charge is 0.379 e. The molecule has 1 N–H and O–H groups in total. The molecular formula is C20H23BrN2O4S. The summed E-state index contributed by atoms with van der Waals surface area (Å²) < 4.78 is 33.6. The van der Waals surface area contributed by atoms with Gasteiger partial charge < -0.3 is 10.1 Å². The highest BCUT2D eigenvalue weighted by atomic mass is 79.9. The molecule has 0 bridgehead atoms. The van der Waals surface area contributed by atoms with Crippen molar-refractivity contribution in [3.05, 3.63) is 63.6 Å². The number of benzene rings is 2. The lowest BCUT2D eigenvalue weighted by atomic mass is 10.1. The number of carbonyl (C=O) groups is 1. The van der Waals surface area contributed by atoms with Crippen molar-refractivity contribution >= 4 is 31.9 Å². The smallest absolute Gasteiger partial charge is 0.251 e. The summed E-state index contributed by atoms with van der Waals surface area (Å²) in [4.78, 5) is 12.9. The maximum Gasteiger partial charge on any atom is 0.251 e. The lowest BCUT2D eigenvalue weighted by Gasteiger charge is -2.26. The van der Waals surface area contributed by atoms with Crippen LogP contribution in [0.5, 0.6) is 0 Å². The van der Waals surface area contributed by atoms with E-state index in [4.69, 9.17) is 4.74 Å². The number of halogens is 1. The van der Waals surface area contributed by atoms with E-state index < -0.39 is 10.0 Å². The maximum absolute atomic E-state index is 13.0. The van der Waals surface area contributed by atoms with E-state index in [1.54, 1.807) is 19.1 Å². The summed E-state index contributed by atoms with van der Waals surface area (Å²) in [5.74, 6) is -0.311. The summed E-state index contributed by atoms with van der Waals surface area (Å²) in [5.41, 5.74) is 1.90. The summed E-state index contributed by atoms with van der Waals surface area (Å²) in [6.07, 6.45) is 0. The van der Waals surface area contributed by atoms with E-state index >= 15 is 0 Å². The number of amides is 1. The van der Waals surface area contributed by atoms with Crippen molar-refractivity contribution in [3.8, 4) is 0 Å². The molecule has 8 heteroatoms. The Morgan fingerprint density at radius 3 is 2.43 bits per heavy atom. The molecule has 6 nitrogen and oxygen atoms in total. The highest BCUT2D eigenvalue weighted by Crippen LogP contribution is 2.23. The van der Waals surface area contributed by atoms with Gasteiger partial charge in [-0.3, -0.25) is 4.79 Å². The number of hydrogen-bond donors (Lipinski definition) is 1. The molecule has 1 atom stereocenters. The average Bonchev–Trinajstić information content (AvgIpc) is 2.69. The Morgan fingerprint density at radius 2 is 1.79 bits per heavy atom. The third-order valence-corrected chi connectivity index (χ3v) is 7.33. The zero-order valence-corrected chi connectivity index (χ0v) is 18.2. The van der Waals surface area contributed by atoms with Crippen LogP contribution in [0.15, 0.2) is 51.8 Å². The standard InChI is InChI=1S/C20H23BrN2O4S/c1-14-3-4-17(13-19(14)28(25,26)23-9-11-27-12-10-23)20(24)22-15(2)16-5-7-18(21)8-6-16/h3-8,13,15H,9-12H2,1-2H3,(H,22,24). The fraction of sp³-hybridized carbons (Fsp3) is 0.350. The van der Waals surface area contributed by atoms with Gasteiger partial charge in [-0.25, -0.2) is 8.42 Å². The van der Waals surface area contributed by atoms with Crippen LogP contribution in [0.3, 0.4) is 0 Å². The molecule has 0 saturated carbocycles. The number of nitrogens with zero attached hydrogens (tertiary/aromatic N) is 1. The Morgan fingerprint density at radius 1 is 1.14 bits per heavy atom. The van der Waals surface area contributed by atoms with Crippen molar-refractivity contribution in [1.29, 1.82) is 0 Å². The molecule has 1 unspecified atom stereocenters. The highest BCUT2D eigenvalue weighted by molar-refractivity contribution is 9.10. The molecule has 3 rings (SSSR count). The van der Waals surface area contributed by atoms with Crippen LogP contribution < -0.4 is 5.32 Å². The Kier molecular flexibility index (Phi) is 6.54. The van der Waals surface area contributed by atoms with Gasteiger partial charge in [-0.1, -0.05) is 34.1 Å². The summed E-state index contributed by atoms with van der Waals surface area (Å²) in [5, 5.41) is 2.93. The fourth-order valence-electron chi connectivity index (χ4n) is 3.06. The Balaban J connectivity index is 1.82. The van der Waals surface area contributed by atoms with E-state index in [0.29, 0.717) is 37.4 Å². The van der Waals surface area contributed by atoms with Crippen LogP contribution >= 0.6 is 15.9 Å². The minimum Gasteiger partial charge on any atom is -0.379 e. The molecule has 1 aliphatic rings. The topological polar surface area (TPSA) is 75.7 Å². The second-order valence-corrected chi connectivity index (χ2v) is 9.57. The van der Waals surface area contributed by atoms with Crippen molar-refractivity contribution in [2.45, 2.75) is 24.8 Å². The van der Waals surface area contributed by atoms with Crippen LogP contribution in [-0.2, 0) is 14.8 Å². The van der Waals surface area contributed by atoms with Crippen molar-refractivity contribution in [3.63, 3.8) is 0 Å². The lowest BCUT2D eigenvalue weighted by Crippen LogP contribution is -2.41. The van der Waals surface area contributed by atoms with E-state index in [0.717, 1.165) is 10.0 Å². The zero-order valence-electron chi connectivity index (χ0n) is 15.8. The second kappa shape index (κ2) is 8.73. The second-order valence-electron chi connectivity index (χ2n) is 6.74. The van der Waals surface area contributed by atoms with E-state index in [1.807, 2.05) is 31.2 Å². The number of nitrogens with one attached hydrogen (secondary N) is 1. The predicted molar refractivity (Wildman–Crippen MR) is 111 cm³/mol. The zero-order chi connectivity index (χ0) is 20.3. The number of hydrogen-bond acceptors (Lipinski definition) is 4. The van der Waals surface area contributed by atoms with Gasteiger partial charge in [-0.15, -0.1) is 0 Å². The van der Waals surface area contributed by atoms with Crippen molar-refractivity contribution in [2.24, 2.45) is 0 Å². The Labute approximate surface area is 174 Å². The van der Waals surface area contributed by atoms with Crippen molar-refractivity contribution in [1.82, 2.24) is 9.62 Å². The molecule has 1 amide bonds. The first-order valence-corrected chi connectivity index (χ1v) is 11.3. The number of morpholine rings is 1. The summed E-state index contributed by atoms with van der Waals surface area (Å²) in [7, 11) is -3.67. The van der Waals surface area contributed by atoms with Crippen molar-refractivity contribution in [2.75, 3.05) is 26.3 Å². The number of ether oxygens (including phenoxy) is 1. The third-order valence-electron chi connectivity index (χ3n) is 4.76. The van der Waals surface area contributed by atoms with Crippen LogP contribution in [0.1, 0.15) is 34.5 Å². The fourth-order valence-corrected chi connectivity index (χ4v) is 4.98. The SMILES string of the molecule is Cc1ccc(C(=O)NC(C)c2ccc(Br)cc2)cc1S(=O)(=O)N1CCOCC1. The molecule has 0 spiro atoms. The Bertz CT molecular complexity index is 955. The number of rotatable bonds is 5. The van der Waals surface area contributed by atoms with E-state index in [9.17, 15) is 13.2 Å². The monoisotopic (exact) mass is 466 g/mol. The first-order valence-electron chi connectivity index (χ1n) is 9.04. The normalized spacial score (nSPS) is 16.5. The van der Waals surface area contributed by atoms with Gasteiger partial charge in [0, 0.05) is 23.1 Å². The molecule has 2 aromatic carbocycles. The van der Waals surface area contributed by atoms with Gasteiger partial charge in [0.15, 0.2) is 0 Å². The summed E-state index contributed by atoms with van der Waals surface area (Å²) >= 11 is 3.39.